The van der Waals surface area contributed by atoms with Crippen molar-refractivity contribution in [1.82, 2.24) is 14.9 Å². The molecule has 2 aliphatic heterocycles. The zero-order valence-electron chi connectivity index (χ0n) is 15.0. The molecule has 2 unspecified atom stereocenters. The van der Waals surface area contributed by atoms with Gasteiger partial charge in [-0.3, -0.25) is 4.90 Å². The molecule has 5 nitrogen and oxygen atoms in total. The first-order valence-electron chi connectivity index (χ1n) is 8.94. The summed E-state index contributed by atoms with van der Waals surface area (Å²) in [5, 5.41) is 0. The molecule has 3 heterocycles. The molecule has 0 saturated carbocycles. The molecule has 0 spiro atoms. The van der Waals surface area contributed by atoms with E-state index in [1.807, 2.05) is 13.8 Å². The molecule has 0 aromatic carbocycles. The molecule has 1 aromatic rings. The Morgan fingerprint density at radius 2 is 1.74 bits per heavy atom. The van der Waals surface area contributed by atoms with E-state index in [9.17, 15) is 0 Å². The van der Waals surface area contributed by atoms with Crippen LogP contribution in [0.2, 0.25) is 0 Å². The van der Waals surface area contributed by atoms with Crippen molar-refractivity contribution in [2.24, 2.45) is 5.92 Å². The van der Waals surface area contributed by atoms with Gasteiger partial charge in [-0.15, -0.1) is 0 Å². The molecule has 2 saturated heterocycles. The minimum Gasteiger partial charge on any atom is -0.373 e. The molecule has 0 aliphatic carbocycles. The zero-order chi connectivity index (χ0) is 16.4. The number of nitrogens with zero attached hydrogens (tertiary/aromatic N) is 4. The molecule has 0 bridgehead atoms. The van der Waals surface area contributed by atoms with Crippen LogP contribution in [0.5, 0.6) is 0 Å². The summed E-state index contributed by atoms with van der Waals surface area (Å²) in [5.41, 5.74) is 1.06. The van der Waals surface area contributed by atoms with Crippen LogP contribution in [-0.2, 0) is 4.74 Å². The number of aryl methyl sites for hydroxylation is 2. The summed E-state index contributed by atoms with van der Waals surface area (Å²) >= 11 is 0. The molecule has 2 aliphatic rings. The van der Waals surface area contributed by atoms with E-state index >= 15 is 0 Å². The molecule has 1 aromatic heterocycles. The molecule has 2 fully saturated rings. The number of rotatable bonds is 3. The molecule has 3 rings (SSSR count). The van der Waals surface area contributed by atoms with Crippen molar-refractivity contribution in [1.29, 1.82) is 0 Å². The van der Waals surface area contributed by atoms with Crippen LogP contribution in [0.3, 0.4) is 0 Å². The number of aromatic nitrogens is 2. The maximum absolute atomic E-state index is 5.84. The van der Waals surface area contributed by atoms with Crippen LogP contribution in [0.15, 0.2) is 6.07 Å². The summed E-state index contributed by atoms with van der Waals surface area (Å²) in [7, 11) is 0. The standard InChI is InChI=1S/C18H30N4O/c1-13-9-18(20-16(4)19-13)22-7-5-17(6-8-22)12-21-10-14(2)23-15(3)11-21/h9,14-15,17H,5-8,10-12H2,1-4H3. The second kappa shape index (κ2) is 7.14. The van der Waals surface area contributed by atoms with Crippen molar-refractivity contribution in [3.05, 3.63) is 17.6 Å². The summed E-state index contributed by atoms with van der Waals surface area (Å²) < 4.78 is 5.84. The smallest absolute Gasteiger partial charge is 0.132 e. The van der Waals surface area contributed by atoms with Gasteiger partial charge in [0.05, 0.1) is 12.2 Å². The Kier molecular flexibility index (Phi) is 5.17. The minimum atomic E-state index is 0.366. The molecule has 128 valence electrons. The van der Waals surface area contributed by atoms with Crippen LogP contribution >= 0.6 is 0 Å². The van der Waals surface area contributed by atoms with Crippen molar-refractivity contribution < 1.29 is 4.74 Å². The predicted octanol–water partition coefficient (Wildman–Crippen LogP) is 2.42. The van der Waals surface area contributed by atoms with E-state index in [2.05, 4.69) is 39.7 Å². The summed E-state index contributed by atoms with van der Waals surface area (Å²) in [6.07, 6.45) is 3.24. The fraction of sp³-hybridized carbons (Fsp3) is 0.778. The second-order valence-electron chi connectivity index (χ2n) is 7.32. The lowest BCUT2D eigenvalue weighted by molar-refractivity contribution is -0.0720. The van der Waals surface area contributed by atoms with Gasteiger partial charge in [0, 0.05) is 44.5 Å². The number of piperidine rings is 1. The van der Waals surface area contributed by atoms with Crippen molar-refractivity contribution >= 4 is 5.82 Å². The first-order valence-corrected chi connectivity index (χ1v) is 8.94. The van der Waals surface area contributed by atoms with E-state index in [0.717, 1.165) is 49.4 Å². The normalized spacial score (nSPS) is 27.4. The van der Waals surface area contributed by atoms with Gasteiger partial charge in [-0.2, -0.15) is 0 Å². The first-order chi connectivity index (χ1) is 11.0. The SMILES string of the molecule is Cc1cc(N2CCC(CN3CC(C)OC(C)C3)CC2)nc(C)n1. The van der Waals surface area contributed by atoms with Gasteiger partial charge in [0.1, 0.15) is 11.6 Å². The lowest BCUT2D eigenvalue weighted by Gasteiger charge is -2.39. The summed E-state index contributed by atoms with van der Waals surface area (Å²) in [6, 6.07) is 2.11. The Hall–Kier alpha value is -1.20. The van der Waals surface area contributed by atoms with Gasteiger partial charge >= 0.3 is 0 Å². The highest BCUT2D eigenvalue weighted by Crippen LogP contribution is 2.24. The van der Waals surface area contributed by atoms with Crippen molar-refractivity contribution in [3.8, 4) is 0 Å². The van der Waals surface area contributed by atoms with Crippen LogP contribution in [0.1, 0.15) is 38.2 Å². The van der Waals surface area contributed by atoms with E-state index in [1.165, 1.54) is 19.4 Å². The van der Waals surface area contributed by atoms with Crippen LogP contribution in [0.25, 0.3) is 0 Å². The Morgan fingerprint density at radius 1 is 1.09 bits per heavy atom. The Bertz CT molecular complexity index is 498. The monoisotopic (exact) mass is 318 g/mol. The molecule has 23 heavy (non-hydrogen) atoms. The van der Waals surface area contributed by atoms with E-state index in [1.54, 1.807) is 0 Å². The van der Waals surface area contributed by atoms with Gasteiger partial charge in [-0.1, -0.05) is 0 Å². The van der Waals surface area contributed by atoms with Crippen molar-refractivity contribution in [3.63, 3.8) is 0 Å². The fourth-order valence-electron chi connectivity index (χ4n) is 4.00. The molecule has 5 heteroatoms. The van der Waals surface area contributed by atoms with Gasteiger partial charge in [-0.25, -0.2) is 9.97 Å². The average molecular weight is 318 g/mol. The van der Waals surface area contributed by atoms with Gasteiger partial charge in [0.25, 0.3) is 0 Å². The molecule has 0 radical (unpaired) electrons. The first kappa shape index (κ1) is 16.7. The molecule has 0 amide bonds. The fourth-order valence-corrected chi connectivity index (χ4v) is 4.00. The zero-order valence-corrected chi connectivity index (χ0v) is 15.0. The third-order valence-corrected chi connectivity index (χ3v) is 4.90. The van der Waals surface area contributed by atoms with Crippen LogP contribution in [0, 0.1) is 19.8 Å². The van der Waals surface area contributed by atoms with E-state index in [-0.39, 0.29) is 0 Å². The third-order valence-electron chi connectivity index (χ3n) is 4.90. The Labute approximate surface area is 140 Å². The Balaban J connectivity index is 1.52. The van der Waals surface area contributed by atoms with Gasteiger partial charge in [0.2, 0.25) is 0 Å². The van der Waals surface area contributed by atoms with Gasteiger partial charge in [-0.05, 0) is 46.5 Å². The molecular weight excluding hydrogens is 288 g/mol. The summed E-state index contributed by atoms with van der Waals surface area (Å²) in [4.78, 5) is 14.0. The van der Waals surface area contributed by atoms with Crippen molar-refractivity contribution in [2.75, 3.05) is 37.6 Å². The van der Waals surface area contributed by atoms with Gasteiger partial charge < -0.3 is 9.64 Å². The largest absolute Gasteiger partial charge is 0.373 e. The van der Waals surface area contributed by atoms with E-state index < -0.39 is 0 Å². The van der Waals surface area contributed by atoms with Crippen molar-refractivity contribution in [2.45, 2.75) is 52.7 Å². The molecule has 2 atom stereocenters. The number of morpholine rings is 1. The van der Waals surface area contributed by atoms with Gasteiger partial charge in [0.15, 0.2) is 0 Å². The Morgan fingerprint density at radius 3 is 2.35 bits per heavy atom. The van der Waals surface area contributed by atoms with E-state index in [0.29, 0.717) is 12.2 Å². The quantitative estimate of drug-likeness (QED) is 0.856. The van der Waals surface area contributed by atoms with Crippen LogP contribution in [0.4, 0.5) is 5.82 Å². The lowest BCUT2D eigenvalue weighted by atomic mass is 9.95. The third kappa shape index (κ3) is 4.42. The maximum Gasteiger partial charge on any atom is 0.132 e. The number of ether oxygens (including phenoxy) is 1. The second-order valence-corrected chi connectivity index (χ2v) is 7.32. The predicted molar refractivity (Wildman–Crippen MR) is 92.9 cm³/mol. The maximum atomic E-state index is 5.84. The van der Waals surface area contributed by atoms with Crippen LogP contribution < -0.4 is 4.90 Å². The highest BCUT2D eigenvalue weighted by atomic mass is 16.5. The lowest BCUT2D eigenvalue weighted by Crippen LogP contribution is -2.48. The molecule has 0 N–H and O–H groups in total. The molecular formula is C18H30N4O. The minimum absolute atomic E-state index is 0.366. The van der Waals surface area contributed by atoms with Crippen LogP contribution in [-0.4, -0.2) is 59.8 Å². The number of hydrogen-bond donors (Lipinski definition) is 0. The highest BCUT2D eigenvalue weighted by molar-refractivity contribution is 5.40. The number of anilines is 1. The van der Waals surface area contributed by atoms with E-state index in [4.69, 9.17) is 4.74 Å². The topological polar surface area (TPSA) is 41.5 Å². The summed E-state index contributed by atoms with van der Waals surface area (Å²) in [5.74, 6) is 2.77. The number of hydrogen-bond acceptors (Lipinski definition) is 5. The highest BCUT2D eigenvalue weighted by Gasteiger charge is 2.27. The average Bonchev–Trinajstić information content (AvgIpc) is 2.46. The summed E-state index contributed by atoms with van der Waals surface area (Å²) in [6.45, 7) is 14.0.